The van der Waals surface area contributed by atoms with Crippen LogP contribution in [0.15, 0.2) is 18.3 Å². The van der Waals surface area contributed by atoms with Crippen LogP contribution in [0.25, 0.3) is 0 Å². The molecule has 0 amide bonds. The van der Waals surface area contributed by atoms with Crippen molar-refractivity contribution < 1.29 is 4.79 Å². The van der Waals surface area contributed by atoms with E-state index >= 15 is 0 Å². The third-order valence-electron chi connectivity index (χ3n) is 3.83. The number of piperidine rings is 1. The molecule has 1 aliphatic rings. The SMILES string of the molecule is CCCN1CCC(CC(=O)c2ccc(N)nc2)CC1. The van der Waals surface area contributed by atoms with Crippen LogP contribution in [0.4, 0.5) is 5.82 Å². The Morgan fingerprint density at radius 3 is 2.74 bits per heavy atom. The molecule has 2 N–H and O–H groups in total. The second-order valence-electron chi connectivity index (χ2n) is 5.38. The van der Waals surface area contributed by atoms with E-state index in [4.69, 9.17) is 5.73 Å². The van der Waals surface area contributed by atoms with E-state index in [0.717, 1.165) is 25.9 Å². The number of hydrogen-bond donors (Lipinski definition) is 1. The van der Waals surface area contributed by atoms with E-state index in [-0.39, 0.29) is 5.78 Å². The Bertz CT molecular complexity index is 408. The van der Waals surface area contributed by atoms with Gasteiger partial charge in [0.25, 0.3) is 0 Å². The number of nitrogen functional groups attached to an aromatic ring is 1. The number of pyridine rings is 1. The monoisotopic (exact) mass is 261 g/mol. The maximum Gasteiger partial charge on any atom is 0.164 e. The van der Waals surface area contributed by atoms with Crippen LogP contribution in [0.1, 0.15) is 43.0 Å². The number of rotatable bonds is 5. The van der Waals surface area contributed by atoms with Crippen molar-refractivity contribution in [3.63, 3.8) is 0 Å². The van der Waals surface area contributed by atoms with Crippen LogP contribution in [0.3, 0.4) is 0 Å². The molecular weight excluding hydrogens is 238 g/mol. The Morgan fingerprint density at radius 2 is 2.16 bits per heavy atom. The number of ketones is 1. The molecule has 1 aromatic rings. The largest absolute Gasteiger partial charge is 0.384 e. The van der Waals surface area contributed by atoms with Crippen molar-refractivity contribution in [1.29, 1.82) is 0 Å². The first-order valence-electron chi connectivity index (χ1n) is 7.16. The standard InChI is InChI=1S/C15H23N3O/c1-2-7-18-8-5-12(6-9-18)10-14(19)13-3-4-15(16)17-11-13/h3-4,11-12H,2,5-10H2,1H3,(H2,16,17). The summed E-state index contributed by atoms with van der Waals surface area (Å²) in [5.74, 6) is 1.18. The van der Waals surface area contributed by atoms with Crippen molar-refractivity contribution in [3.8, 4) is 0 Å². The smallest absolute Gasteiger partial charge is 0.164 e. The topological polar surface area (TPSA) is 59.2 Å². The van der Waals surface area contributed by atoms with Gasteiger partial charge in [0, 0.05) is 18.2 Å². The first kappa shape index (κ1) is 14.0. The Hall–Kier alpha value is -1.42. The number of carbonyl (C=O) groups excluding carboxylic acids is 1. The van der Waals surface area contributed by atoms with Crippen LogP contribution in [0.5, 0.6) is 0 Å². The maximum atomic E-state index is 12.1. The molecule has 0 bridgehead atoms. The molecule has 19 heavy (non-hydrogen) atoms. The second kappa shape index (κ2) is 6.66. The molecule has 2 heterocycles. The van der Waals surface area contributed by atoms with E-state index in [9.17, 15) is 4.79 Å². The van der Waals surface area contributed by atoms with E-state index in [2.05, 4.69) is 16.8 Å². The molecule has 4 heteroatoms. The molecule has 104 valence electrons. The zero-order valence-electron chi connectivity index (χ0n) is 11.6. The zero-order chi connectivity index (χ0) is 13.7. The number of carbonyl (C=O) groups is 1. The van der Waals surface area contributed by atoms with Crippen LogP contribution < -0.4 is 5.73 Å². The van der Waals surface area contributed by atoms with E-state index in [1.54, 1.807) is 18.3 Å². The number of hydrogen-bond acceptors (Lipinski definition) is 4. The first-order valence-corrected chi connectivity index (χ1v) is 7.16. The number of nitrogens with zero attached hydrogens (tertiary/aromatic N) is 2. The number of Topliss-reactive ketones (excluding diaryl/α,β-unsaturated/α-hetero) is 1. The first-order chi connectivity index (χ1) is 9.19. The predicted octanol–water partition coefficient (Wildman–Crippen LogP) is 2.36. The van der Waals surface area contributed by atoms with Crippen LogP contribution >= 0.6 is 0 Å². The van der Waals surface area contributed by atoms with Gasteiger partial charge in [-0.15, -0.1) is 0 Å². The summed E-state index contributed by atoms with van der Waals surface area (Å²) >= 11 is 0. The molecule has 0 radical (unpaired) electrons. The summed E-state index contributed by atoms with van der Waals surface area (Å²) in [6.07, 6.45) is 5.71. The summed E-state index contributed by atoms with van der Waals surface area (Å²) in [6, 6.07) is 3.47. The normalized spacial score (nSPS) is 17.5. The summed E-state index contributed by atoms with van der Waals surface area (Å²) in [5.41, 5.74) is 6.21. The van der Waals surface area contributed by atoms with Crippen molar-refractivity contribution in [1.82, 2.24) is 9.88 Å². The molecule has 0 aromatic carbocycles. The van der Waals surface area contributed by atoms with Crippen molar-refractivity contribution in [2.45, 2.75) is 32.6 Å². The molecule has 1 aliphatic heterocycles. The molecule has 0 unspecified atom stereocenters. The van der Waals surface area contributed by atoms with Gasteiger partial charge >= 0.3 is 0 Å². The van der Waals surface area contributed by atoms with E-state index in [0.29, 0.717) is 23.7 Å². The number of aromatic nitrogens is 1. The summed E-state index contributed by atoms with van der Waals surface area (Å²) in [4.78, 5) is 18.6. The van der Waals surface area contributed by atoms with Gasteiger partial charge in [-0.1, -0.05) is 6.92 Å². The highest BCUT2D eigenvalue weighted by atomic mass is 16.1. The van der Waals surface area contributed by atoms with Crippen molar-refractivity contribution >= 4 is 11.6 Å². The fourth-order valence-electron chi connectivity index (χ4n) is 2.68. The fourth-order valence-corrected chi connectivity index (χ4v) is 2.68. The van der Waals surface area contributed by atoms with Gasteiger partial charge in [0.1, 0.15) is 5.82 Å². The fraction of sp³-hybridized carbons (Fsp3) is 0.600. The lowest BCUT2D eigenvalue weighted by Crippen LogP contribution is -2.34. The lowest BCUT2D eigenvalue weighted by Gasteiger charge is -2.31. The summed E-state index contributed by atoms with van der Waals surface area (Å²) in [5, 5.41) is 0. The number of likely N-dealkylation sites (tertiary alicyclic amines) is 1. The number of nitrogens with two attached hydrogens (primary N) is 1. The molecular formula is C15H23N3O. The molecule has 2 rings (SSSR count). The summed E-state index contributed by atoms with van der Waals surface area (Å²) in [7, 11) is 0. The summed E-state index contributed by atoms with van der Waals surface area (Å²) < 4.78 is 0. The minimum Gasteiger partial charge on any atom is -0.384 e. The zero-order valence-corrected chi connectivity index (χ0v) is 11.6. The van der Waals surface area contributed by atoms with Gasteiger partial charge in [-0.2, -0.15) is 0 Å². The predicted molar refractivity (Wildman–Crippen MR) is 77.1 cm³/mol. The van der Waals surface area contributed by atoms with Gasteiger partial charge in [-0.25, -0.2) is 4.98 Å². The van der Waals surface area contributed by atoms with E-state index in [1.807, 2.05) is 0 Å². The van der Waals surface area contributed by atoms with Crippen molar-refractivity contribution in [3.05, 3.63) is 23.9 Å². The molecule has 0 spiro atoms. The van der Waals surface area contributed by atoms with Crippen LogP contribution in [0, 0.1) is 5.92 Å². The van der Waals surface area contributed by atoms with Gasteiger partial charge in [0.2, 0.25) is 0 Å². The maximum absolute atomic E-state index is 12.1. The molecule has 0 atom stereocenters. The van der Waals surface area contributed by atoms with Gasteiger partial charge in [0.05, 0.1) is 0 Å². The summed E-state index contributed by atoms with van der Waals surface area (Å²) in [6.45, 7) is 5.66. The average molecular weight is 261 g/mol. The third-order valence-corrected chi connectivity index (χ3v) is 3.83. The highest BCUT2D eigenvalue weighted by Gasteiger charge is 2.21. The van der Waals surface area contributed by atoms with E-state index < -0.39 is 0 Å². The Labute approximate surface area is 115 Å². The molecule has 0 aliphatic carbocycles. The van der Waals surface area contributed by atoms with Crippen LogP contribution in [0.2, 0.25) is 0 Å². The lowest BCUT2D eigenvalue weighted by molar-refractivity contribution is 0.0928. The minimum absolute atomic E-state index is 0.196. The molecule has 0 saturated carbocycles. The third kappa shape index (κ3) is 4.03. The molecule has 1 fully saturated rings. The number of anilines is 1. The van der Waals surface area contributed by atoms with Gasteiger partial charge in [0.15, 0.2) is 5.78 Å². The lowest BCUT2D eigenvalue weighted by atomic mass is 9.90. The Morgan fingerprint density at radius 1 is 1.42 bits per heavy atom. The minimum atomic E-state index is 0.196. The van der Waals surface area contributed by atoms with Gasteiger partial charge < -0.3 is 10.6 Å². The van der Waals surface area contributed by atoms with Gasteiger partial charge in [-0.05, 0) is 56.9 Å². The molecule has 4 nitrogen and oxygen atoms in total. The van der Waals surface area contributed by atoms with E-state index in [1.165, 1.54) is 13.0 Å². The molecule has 1 aromatic heterocycles. The van der Waals surface area contributed by atoms with Gasteiger partial charge in [-0.3, -0.25) is 4.79 Å². The highest BCUT2D eigenvalue weighted by molar-refractivity contribution is 5.96. The quantitative estimate of drug-likeness (QED) is 0.827. The highest BCUT2D eigenvalue weighted by Crippen LogP contribution is 2.22. The molecule has 1 saturated heterocycles. The van der Waals surface area contributed by atoms with Crippen molar-refractivity contribution in [2.24, 2.45) is 5.92 Å². The Kier molecular flexibility index (Phi) is 4.91. The van der Waals surface area contributed by atoms with Crippen LogP contribution in [-0.4, -0.2) is 35.3 Å². The average Bonchev–Trinajstić information content (AvgIpc) is 2.42. The Balaban J connectivity index is 1.82. The van der Waals surface area contributed by atoms with Crippen molar-refractivity contribution in [2.75, 3.05) is 25.4 Å². The second-order valence-corrected chi connectivity index (χ2v) is 5.38. The van der Waals surface area contributed by atoms with Crippen LogP contribution in [-0.2, 0) is 0 Å².